The number of H-pyrrole nitrogens is 5. The molecule has 0 radical (unpaired) electrons. The summed E-state index contributed by atoms with van der Waals surface area (Å²) >= 11 is 0. The zero-order chi connectivity index (χ0) is 78.6. The molecule has 3 aliphatic rings. The number of benzene rings is 6. The Morgan fingerprint density at radius 3 is 1.05 bits per heavy atom. The van der Waals surface area contributed by atoms with E-state index in [4.69, 9.17) is 9.97 Å². The first kappa shape index (κ1) is 78.4. The summed E-state index contributed by atoms with van der Waals surface area (Å²) in [6.45, 7) is 8.56. The molecule has 114 heavy (non-hydrogen) atoms. The molecule has 18 rings (SSSR count). The zero-order valence-corrected chi connectivity index (χ0v) is 65.3. The van der Waals surface area contributed by atoms with E-state index >= 15 is 0 Å². The molecule has 9 aromatic heterocycles. The number of hydrogen-bond acceptors (Lipinski definition) is 27. The lowest BCUT2D eigenvalue weighted by molar-refractivity contribution is 0.387. The second-order valence-corrected chi connectivity index (χ2v) is 35.7. The van der Waals surface area contributed by atoms with Gasteiger partial charge in [0, 0.05) is 175 Å². The van der Waals surface area contributed by atoms with Crippen LogP contribution in [0, 0.1) is 0 Å². The highest BCUT2D eigenvalue weighted by atomic mass is 35.7. The minimum Gasteiger partial charge on any atom is -0.369 e. The molecule has 0 spiro atoms. The summed E-state index contributed by atoms with van der Waals surface area (Å²) in [5.41, 5.74) is 12.8. The maximum Gasteiger partial charge on any atom is 0.251 e. The van der Waals surface area contributed by atoms with E-state index in [1.54, 1.807) is 24.5 Å². The number of piperazine rings is 3. The molecule has 12 N–H and O–H groups in total. The Morgan fingerprint density at radius 2 is 0.702 bits per heavy atom. The molecule has 6 aromatic carbocycles. The number of hydrogen-bond donors (Lipinski definition) is 12. The Balaban J connectivity index is 0.000000137. The van der Waals surface area contributed by atoms with Gasteiger partial charge in [0.15, 0.2) is 0 Å². The standard InChI is InChI=1S/C25H27N9O4S2.C24H25N9O2S.C23H23N9.CH3ClO2S.CH4/c1-39(35,36)33-13-11-32(12-14-33)20-7-5-18(6-8-20)29-25-30-23-21(9-10-26-23)24(31-25)28-19-4-3-17-16-27-34(22(17)15-19)40(2,37)38;1-36(34,35)33-12-10-32(11-13-33)19-6-4-17(5-7-19)28-24-29-22-20(8-9-25-22)23(30-24)27-18-3-2-16-15-26-31-21(16)14-18;1-2-17(13-20-15(1)14-26-31-20)27-22-19-7-8-25-21(19)29-23(30-22)28-16-3-5-18(6-4-16)32-11-9-24-10-12-32;1-5(2,3)4;/h3-10,15-16H,11-14H2,1-2H3,(H3,26,28,29,30,31);2-9,14-15H,10-13H2,1H3,(H,26,31)(H3,25,27,28,29,30);1-8,13-14,24H,9-12H2,(H,26,31)(H3,25,27,28,29,30);1H3;1H4. The van der Waals surface area contributed by atoms with E-state index in [0.717, 1.165) is 138 Å². The summed E-state index contributed by atoms with van der Waals surface area (Å²) in [6.07, 6.45) is 15.1. The number of aromatic amines is 5. The second-order valence-electron chi connectivity index (χ2n) is 26.9. The molecule has 15 aromatic rings. The number of sulfonamides is 2. The van der Waals surface area contributed by atoms with Crippen LogP contribution in [0.2, 0.25) is 0 Å². The molecule has 0 amide bonds. The number of nitrogens with one attached hydrogen (secondary N) is 12. The minimum atomic E-state index is -3.55. The Morgan fingerprint density at radius 1 is 0.368 bits per heavy atom. The fourth-order valence-corrected chi connectivity index (χ4v) is 15.6. The van der Waals surface area contributed by atoms with Crippen LogP contribution in [0.25, 0.3) is 65.8 Å². The summed E-state index contributed by atoms with van der Waals surface area (Å²) in [7, 11) is -8.57. The van der Waals surface area contributed by atoms with Gasteiger partial charge in [-0.25, -0.2) is 33.7 Å². The third-order valence-corrected chi connectivity index (χ3v) is 22.3. The van der Waals surface area contributed by atoms with Crippen molar-refractivity contribution in [1.29, 1.82) is 0 Å². The highest BCUT2D eigenvalue weighted by Crippen LogP contribution is 2.34. The topological polar surface area (TPSA) is 437 Å². The molecule has 12 heterocycles. The zero-order valence-electron chi connectivity index (χ0n) is 61.3. The van der Waals surface area contributed by atoms with Crippen LogP contribution in [-0.4, -0.2) is 220 Å². The van der Waals surface area contributed by atoms with Crippen LogP contribution < -0.4 is 51.9 Å². The van der Waals surface area contributed by atoms with E-state index in [9.17, 15) is 33.7 Å². The van der Waals surface area contributed by atoms with E-state index in [1.807, 2.05) is 128 Å². The lowest BCUT2D eigenvalue weighted by atomic mass is 10.2. The van der Waals surface area contributed by atoms with Gasteiger partial charge in [-0.2, -0.15) is 57.9 Å². The van der Waals surface area contributed by atoms with E-state index in [0.29, 0.717) is 104 Å². The van der Waals surface area contributed by atoms with Crippen molar-refractivity contribution in [3.63, 3.8) is 0 Å². The first-order chi connectivity index (χ1) is 54.3. The van der Waals surface area contributed by atoms with Gasteiger partial charge in [0.05, 0.1) is 76.3 Å². The molecule has 3 fully saturated rings. The lowest BCUT2D eigenvalue weighted by Crippen LogP contribution is -2.48. The van der Waals surface area contributed by atoms with E-state index in [1.165, 1.54) is 33.0 Å². The molecule has 3 saturated heterocycles. The monoisotopic (exact) mass is 1640 g/mol. The van der Waals surface area contributed by atoms with Gasteiger partial charge in [-0.15, -0.1) is 0 Å². The first-order valence-corrected chi connectivity index (χ1v) is 43.8. The fourth-order valence-electron chi connectivity index (χ4n) is 13.2. The highest BCUT2D eigenvalue weighted by Gasteiger charge is 2.26. The van der Waals surface area contributed by atoms with Crippen LogP contribution in [-0.2, 0) is 39.1 Å². The highest BCUT2D eigenvalue weighted by molar-refractivity contribution is 8.13. The number of rotatable bonds is 18. The molecule has 592 valence electrons. The number of anilines is 15. The van der Waals surface area contributed by atoms with E-state index < -0.39 is 39.1 Å². The largest absolute Gasteiger partial charge is 0.369 e. The van der Waals surface area contributed by atoms with Crippen molar-refractivity contribution in [2.24, 2.45) is 0 Å². The maximum atomic E-state index is 12.1. The third-order valence-electron chi connectivity index (χ3n) is 18.8. The normalized spacial score (nSPS) is 14.5. The van der Waals surface area contributed by atoms with Gasteiger partial charge in [0.1, 0.15) is 34.4 Å². The van der Waals surface area contributed by atoms with Crippen molar-refractivity contribution in [2.75, 3.05) is 150 Å². The van der Waals surface area contributed by atoms with Crippen LogP contribution in [0.3, 0.4) is 0 Å². The van der Waals surface area contributed by atoms with Crippen LogP contribution in [0.15, 0.2) is 183 Å². The average Bonchev–Trinajstić information content (AvgIpc) is 1.64. The first-order valence-electron chi connectivity index (χ1n) is 35.6. The molecule has 0 saturated carbocycles. The number of nitrogens with zero attached hydrogens (tertiary/aromatic N) is 15. The molecule has 35 nitrogen and oxygen atoms in total. The summed E-state index contributed by atoms with van der Waals surface area (Å²) in [4.78, 5) is 44.2. The summed E-state index contributed by atoms with van der Waals surface area (Å²) in [6, 6.07) is 47.3. The smallest absolute Gasteiger partial charge is 0.251 e. The van der Waals surface area contributed by atoms with Crippen molar-refractivity contribution in [3.8, 4) is 0 Å². The summed E-state index contributed by atoms with van der Waals surface area (Å²) in [5, 5.41) is 46.9. The predicted octanol–water partition coefficient (Wildman–Crippen LogP) is 10.6. The van der Waals surface area contributed by atoms with Crippen LogP contribution in [0.5, 0.6) is 0 Å². The van der Waals surface area contributed by atoms with E-state index in [2.05, 4.69) is 147 Å². The van der Waals surface area contributed by atoms with Gasteiger partial charge in [0.25, 0.3) is 10.0 Å². The Hall–Kier alpha value is -12.2. The quantitative estimate of drug-likeness (QED) is 0.0355. The van der Waals surface area contributed by atoms with Crippen molar-refractivity contribution >= 4 is 202 Å². The van der Waals surface area contributed by atoms with Gasteiger partial charge in [-0.05, 0) is 146 Å². The second kappa shape index (κ2) is 33.2. The Kier molecular flexibility index (Phi) is 22.9. The summed E-state index contributed by atoms with van der Waals surface area (Å²) in [5.74, 6) is 3.32. The molecule has 0 atom stereocenters. The van der Waals surface area contributed by atoms with Crippen LogP contribution in [0.1, 0.15) is 7.43 Å². The van der Waals surface area contributed by atoms with Crippen LogP contribution >= 0.6 is 10.7 Å². The van der Waals surface area contributed by atoms with Gasteiger partial charge in [-0.3, -0.25) is 10.2 Å². The Bertz CT molecular complexity index is 6390. The molecule has 0 aliphatic carbocycles. The number of aromatic nitrogens is 15. The van der Waals surface area contributed by atoms with E-state index in [-0.39, 0.29) is 7.43 Å². The van der Waals surface area contributed by atoms with Crippen molar-refractivity contribution in [3.05, 3.63) is 183 Å². The third kappa shape index (κ3) is 19.1. The molecular formula is C74H82ClN27O8S4. The predicted molar refractivity (Wildman–Crippen MR) is 453 cm³/mol. The lowest BCUT2D eigenvalue weighted by Gasteiger charge is -2.34. The molecular weight excluding hydrogens is 1560 g/mol. The van der Waals surface area contributed by atoms with Crippen molar-refractivity contribution in [1.82, 2.24) is 88.4 Å². The number of fused-ring (bicyclic) bond motifs is 6. The van der Waals surface area contributed by atoms with Gasteiger partial charge >= 0.3 is 0 Å². The van der Waals surface area contributed by atoms with Crippen molar-refractivity contribution < 1.29 is 33.7 Å². The van der Waals surface area contributed by atoms with Crippen LogP contribution in [0.4, 0.5) is 86.5 Å². The van der Waals surface area contributed by atoms with Gasteiger partial charge in [0.2, 0.25) is 46.9 Å². The Labute approximate surface area is 660 Å². The molecule has 40 heteroatoms. The molecule has 0 bridgehead atoms. The van der Waals surface area contributed by atoms with Crippen molar-refractivity contribution in [2.45, 2.75) is 7.43 Å². The van der Waals surface area contributed by atoms with Gasteiger partial charge in [-0.1, -0.05) is 7.43 Å². The fraction of sp³-hybridized carbons (Fsp3) is 0.230. The van der Waals surface area contributed by atoms with Gasteiger partial charge < -0.3 is 66.9 Å². The SMILES string of the molecule is C.CS(=O)(=O)Cl.CS(=O)(=O)N1CCN(c2ccc(Nc3nc(Nc4ccc5cn[nH]c5c4)c4cc[nH]c4n3)cc2)CC1.CS(=O)(=O)N1CCN(c2ccc(Nc3nc(Nc4ccc5cnn(S(C)(=O)=O)c5c4)c4cc[nH]c4n3)cc2)CC1.c1cc2c(Nc3ccc4cn[nH]c4c3)nc(Nc3ccc(N4CCNCC4)cc3)nc2[nH]1. The number of halogens is 1. The molecule has 0 unspecified atom stereocenters. The molecule has 3 aliphatic heterocycles. The summed E-state index contributed by atoms with van der Waals surface area (Å²) < 4.78 is 94.1. The average molecular weight is 1640 g/mol. The minimum absolute atomic E-state index is 0. The maximum absolute atomic E-state index is 12.1.